The molecule has 1 aromatic heterocycles. The Morgan fingerprint density at radius 3 is 2.54 bits per heavy atom. The molecule has 0 aliphatic carbocycles. The van der Waals surface area contributed by atoms with Crippen LogP contribution < -0.4 is 10.6 Å². The van der Waals surface area contributed by atoms with Gasteiger partial charge in [-0.2, -0.15) is 0 Å². The van der Waals surface area contributed by atoms with Gasteiger partial charge in [-0.3, -0.25) is 14.5 Å². The average Bonchev–Trinajstić information content (AvgIpc) is 3.34. The van der Waals surface area contributed by atoms with Crippen molar-refractivity contribution in [1.82, 2.24) is 24.7 Å². The summed E-state index contributed by atoms with van der Waals surface area (Å²) in [5.74, 6) is -0.294. The molecule has 190 valence electrons. The second-order valence-corrected chi connectivity index (χ2v) is 9.60. The van der Waals surface area contributed by atoms with Crippen LogP contribution in [-0.4, -0.2) is 82.1 Å². The van der Waals surface area contributed by atoms with Gasteiger partial charge in [-0.1, -0.05) is 6.07 Å². The maximum absolute atomic E-state index is 12.5. The molecule has 1 aliphatic rings. The van der Waals surface area contributed by atoms with Gasteiger partial charge in [-0.25, -0.2) is 9.78 Å². The topological polar surface area (TPSA) is 109 Å². The monoisotopic (exact) mass is 484 g/mol. The van der Waals surface area contributed by atoms with Gasteiger partial charge in [0.15, 0.2) is 0 Å². The molecule has 1 saturated heterocycles. The lowest BCUT2D eigenvalue weighted by molar-refractivity contribution is -0.116. The van der Waals surface area contributed by atoms with E-state index in [2.05, 4.69) is 20.5 Å². The van der Waals surface area contributed by atoms with Gasteiger partial charge in [0, 0.05) is 69.3 Å². The second kappa shape index (κ2) is 12.3. The largest absolute Gasteiger partial charge is 0.444 e. The van der Waals surface area contributed by atoms with Gasteiger partial charge in [-0.15, -0.1) is 0 Å². The van der Waals surface area contributed by atoms with E-state index in [-0.39, 0.29) is 17.9 Å². The summed E-state index contributed by atoms with van der Waals surface area (Å²) in [5.41, 5.74) is 0.609. The van der Waals surface area contributed by atoms with Crippen molar-refractivity contribution in [1.29, 1.82) is 0 Å². The van der Waals surface area contributed by atoms with E-state index in [1.54, 1.807) is 41.7 Å². The third-order valence-corrected chi connectivity index (χ3v) is 5.53. The maximum Gasteiger partial charge on any atom is 0.410 e. The minimum atomic E-state index is -0.488. The first-order valence-electron chi connectivity index (χ1n) is 12.0. The molecule has 35 heavy (non-hydrogen) atoms. The van der Waals surface area contributed by atoms with Crippen LogP contribution in [0.5, 0.6) is 0 Å². The Kier molecular flexibility index (Phi) is 9.25. The van der Waals surface area contributed by atoms with Crippen molar-refractivity contribution in [2.45, 2.75) is 45.8 Å². The molecule has 3 rings (SSSR count). The van der Waals surface area contributed by atoms with Gasteiger partial charge in [0.05, 0.1) is 6.33 Å². The normalized spacial score (nSPS) is 14.4. The number of benzene rings is 1. The SMILES string of the molecule is CC(C)(C)OC(=O)N1CCN(CCCNC(=O)c2cccc(NC(=O)CCn3ccnc3)c2)CC1. The summed E-state index contributed by atoms with van der Waals surface area (Å²) >= 11 is 0. The number of amides is 3. The molecule has 0 radical (unpaired) electrons. The minimum absolute atomic E-state index is 0.122. The molecule has 0 unspecified atom stereocenters. The van der Waals surface area contributed by atoms with E-state index in [0.717, 1.165) is 26.1 Å². The van der Waals surface area contributed by atoms with Crippen molar-refractivity contribution < 1.29 is 19.1 Å². The number of piperazine rings is 1. The summed E-state index contributed by atoms with van der Waals surface area (Å²) in [6, 6.07) is 6.93. The summed E-state index contributed by atoms with van der Waals surface area (Å²) in [6.07, 6.45) is 6.01. The number of rotatable bonds is 9. The fourth-order valence-electron chi connectivity index (χ4n) is 3.70. The van der Waals surface area contributed by atoms with Gasteiger partial charge in [0.25, 0.3) is 5.91 Å². The highest BCUT2D eigenvalue weighted by Crippen LogP contribution is 2.13. The quantitative estimate of drug-likeness (QED) is 0.530. The van der Waals surface area contributed by atoms with Gasteiger partial charge in [0.2, 0.25) is 5.91 Å². The fraction of sp³-hybridized carbons (Fsp3) is 0.520. The highest BCUT2D eigenvalue weighted by atomic mass is 16.6. The van der Waals surface area contributed by atoms with Crippen molar-refractivity contribution in [3.63, 3.8) is 0 Å². The van der Waals surface area contributed by atoms with E-state index in [1.165, 1.54) is 0 Å². The van der Waals surface area contributed by atoms with Crippen LogP contribution in [0.4, 0.5) is 10.5 Å². The molecule has 1 aliphatic heterocycles. The molecule has 0 bridgehead atoms. The molecule has 2 heterocycles. The Balaban J connectivity index is 1.33. The number of hydrogen-bond acceptors (Lipinski definition) is 6. The predicted molar refractivity (Wildman–Crippen MR) is 133 cm³/mol. The number of carbonyl (C=O) groups is 3. The van der Waals surface area contributed by atoms with Crippen molar-refractivity contribution in [2.24, 2.45) is 0 Å². The Labute approximate surface area is 206 Å². The molecule has 0 saturated carbocycles. The number of anilines is 1. The third kappa shape index (κ3) is 9.05. The smallest absolute Gasteiger partial charge is 0.410 e. The Bertz CT molecular complexity index is 978. The number of imidazole rings is 1. The number of ether oxygens (including phenoxy) is 1. The van der Waals surface area contributed by atoms with Crippen molar-refractivity contribution in [3.8, 4) is 0 Å². The molecule has 1 fully saturated rings. The van der Waals surface area contributed by atoms with Crippen molar-refractivity contribution in [3.05, 3.63) is 48.5 Å². The summed E-state index contributed by atoms with van der Waals surface area (Å²) < 4.78 is 7.27. The molecule has 10 nitrogen and oxygen atoms in total. The molecule has 0 spiro atoms. The molecule has 10 heteroatoms. The van der Waals surface area contributed by atoms with Crippen LogP contribution in [0.2, 0.25) is 0 Å². The molecular formula is C25H36N6O4. The van der Waals surface area contributed by atoms with Crippen LogP contribution in [0.25, 0.3) is 0 Å². The van der Waals surface area contributed by atoms with E-state index >= 15 is 0 Å². The zero-order valence-corrected chi connectivity index (χ0v) is 20.8. The molecule has 2 aromatic rings. The fourth-order valence-corrected chi connectivity index (χ4v) is 3.70. The second-order valence-electron chi connectivity index (χ2n) is 9.60. The number of hydrogen-bond donors (Lipinski definition) is 2. The van der Waals surface area contributed by atoms with Crippen LogP contribution in [-0.2, 0) is 16.1 Å². The first kappa shape index (κ1) is 26.2. The lowest BCUT2D eigenvalue weighted by atomic mass is 10.2. The Morgan fingerprint density at radius 2 is 1.86 bits per heavy atom. The number of carbonyl (C=O) groups excluding carboxylic acids is 3. The molecule has 1 aromatic carbocycles. The zero-order chi connectivity index (χ0) is 25.3. The minimum Gasteiger partial charge on any atom is -0.444 e. The Hall–Kier alpha value is -3.40. The van der Waals surface area contributed by atoms with Gasteiger partial charge in [-0.05, 0) is 51.9 Å². The lowest BCUT2D eigenvalue weighted by Crippen LogP contribution is -2.50. The van der Waals surface area contributed by atoms with Crippen molar-refractivity contribution >= 4 is 23.6 Å². The maximum atomic E-state index is 12.5. The highest BCUT2D eigenvalue weighted by Gasteiger charge is 2.25. The first-order valence-corrected chi connectivity index (χ1v) is 12.0. The lowest BCUT2D eigenvalue weighted by Gasteiger charge is -2.35. The van der Waals surface area contributed by atoms with Crippen LogP contribution >= 0.6 is 0 Å². The van der Waals surface area contributed by atoms with E-state index in [0.29, 0.717) is 43.9 Å². The van der Waals surface area contributed by atoms with Crippen LogP contribution in [0, 0.1) is 0 Å². The highest BCUT2D eigenvalue weighted by molar-refractivity contribution is 5.97. The van der Waals surface area contributed by atoms with E-state index < -0.39 is 5.60 Å². The van der Waals surface area contributed by atoms with E-state index in [4.69, 9.17) is 4.74 Å². The number of nitrogens with one attached hydrogen (secondary N) is 2. The van der Waals surface area contributed by atoms with E-state index in [1.807, 2.05) is 31.5 Å². The summed E-state index contributed by atoms with van der Waals surface area (Å²) in [6.45, 7) is 10.4. The molecule has 2 N–H and O–H groups in total. The van der Waals surface area contributed by atoms with E-state index in [9.17, 15) is 14.4 Å². The molecule has 3 amide bonds. The zero-order valence-electron chi connectivity index (χ0n) is 20.8. The van der Waals surface area contributed by atoms with Crippen LogP contribution in [0.1, 0.15) is 44.0 Å². The third-order valence-electron chi connectivity index (χ3n) is 5.53. The van der Waals surface area contributed by atoms with Crippen LogP contribution in [0.15, 0.2) is 43.0 Å². The average molecular weight is 485 g/mol. The summed E-state index contributed by atoms with van der Waals surface area (Å²) in [7, 11) is 0. The number of aromatic nitrogens is 2. The first-order chi connectivity index (χ1) is 16.7. The number of nitrogens with zero attached hydrogens (tertiary/aromatic N) is 4. The molecule has 0 atom stereocenters. The van der Waals surface area contributed by atoms with Crippen molar-refractivity contribution in [2.75, 3.05) is 44.6 Å². The number of aryl methyl sites for hydroxylation is 1. The summed E-state index contributed by atoms with van der Waals surface area (Å²) in [4.78, 5) is 44.9. The predicted octanol–water partition coefficient (Wildman–Crippen LogP) is 2.58. The van der Waals surface area contributed by atoms with Gasteiger partial charge >= 0.3 is 6.09 Å². The van der Waals surface area contributed by atoms with Gasteiger partial charge in [0.1, 0.15) is 5.60 Å². The van der Waals surface area contributed by atoms with Crippen LogP contribution in [0.3, 0.4) is 0 Å². The standard InChI is InChI=1S/C25H36N6O4/c1-25(2,3)35-24(34)31-16-14-29(15-17-31)11-5-9-27-23(33)20-6-4-7-21(18-20)28-22(32)8-12-30-13-10-26-19-30/h4,6-7,10,13,18-19H,5,8-9,11-12,14-17H2,1-3H3,(H,27,33)(H,28,32). The molecular weight excluding hydrogens is 448 g/mol. The van der Waals surface area contributed by atoms with Gasteiger partial charge < -0.3 is 24.8 Å². The summed E-state index contributed by atoms with van der Waals surface area (Å²) in [5, 5.41) is 5.78. The Morgan fingerprint density at radius 1 is 1.09 bits per heavy atom.